The predicted molar refractivity (Wildman–Crippen MR) is 155 cm³/mol. The SMILES string of the molecule is C[C@H](CCC(=O)O)[C@H]1CC[C@H]2[C@@H]3[C@@H](O)C[C@@H]4C[C@H](O)CC[C@]4(C)[C@H]3CC[C@]12C.Cn1c(=O)c2[nH]cnc2n(C)c1=O. The number of aryl methyl sites for hydroxylation is 1. The molecule has 41 heavy (non-hydrogen) atoms. The normalized spacial score (nSPS) is 38.8. The summed E-state index contributed by atoms with van der Waals surface area (Å²) >= 11 is 0. The van der Waals surface area contributed by atoms with Crippen LogP contribution in [0.15, 0.2) is 15.9 Å². The highest BCUT2D eigenvalue weighted by molar-refractivity contribution is 5.68. The van der Waals surface area contributed by atoms with Gasteiger partial charge in [-0.2, -0.15) is 0 Å². The van der Waals surface area contributed by atoms with Crippen LogP contribution >= 0.6 is 0 Å². The minimum atomic E-state index is -0.684. The van der Waals surface area contributed by atoms with Crippen molar-refractivity contribution >= 4 is 17.1 Å². The maximum Gasteiger partial charge on any atom is 0.332 e. The molecule has 4 N–H and O–H groups in total. The van der Waals surface area contributed by atoms with Crippen molar-refractivity contribution in [2.24, 2.45) is 60.4 Å². The molecule has 2 aromatic heterocycles. The summed E-state index contributed by atoms with van der Waals surface area (Å²) in [5.74, 6) is 2.36. The van der Waals surface area contributed by atoms with E-state index >= 15 is 0 Å². The minimum Gasteiger partial charge on any atom is -0.481 e. The van der Waals surface area contributed by atoms with E-state index in [1.54, 1.807) is 7.05 Å². The number of nitrogens with zero attached hydrogens (tertiary/aromatic N) is 3. The molecule has 0 unspecified atom stereocenters. The molecule has 0 aliphatic heterocycles. The van der Waals surface area contributed by atoms with Gasteiger partial charge in [-0.25, -0.2) is 9.78 Å². The van der Waals surface area contributed by atoms with Gasteiger partial charge in [0.15, 0.2) is 5.65 Å². The van der Waals surface area contributed by atoms with Gasteiger partial charge in [0.25, 0.3) is 5.56 Å². The number of carboxylic acid groups (broad SMARTS) is 1. The lowest BCUT2D eigenvalue weighted by Crippen LogP contribution is -2.58. The van der Waals surface area contributed by atoms with Crippen molar-refractivity contribution < 1.29 is 20.1 Å². The molecule has 0 bridgehead atoms. The summed E-state index contributed by atoms with van der Waals surface area (Å²) < 4.78 is 2.37. The predicted octanol–water partition coefficient (Wildman–Crippen LogP) is 3.44. The van der Waals surface area contributed by atoms with Crippen molar-refractivity contribution in [1.82, 2.24) is 19.1 Å². The summed E-state index contributed by atoms with van der Waals surface area (Å²) in [5, 5.41) is 30.5. The van der Waals surface area contributed by atoms with Gasteiger partial charge in [-0.05, 0) is 104 Å². The Morgan fingerprint density at radius 1 is 1.05 bits per heavy atom. The Hall–Kier alpha value is -2.46. The Morgan fingerprint density at radius 3 is 2.44 bits per heavy atom. The molecule has 6 rings (SSSR count). The van der Waals surface area contributed by atoms with E-state index in [-0.39, 0.29) is 40.7 Å². The maximum absolute atomic E-state index is 11.4. The summed E-state index contributed by atoms with van der Waals surface area (Å²) in [5.41, 5.74) is 0.535. The van der Waals surface area contributed by atoms with Crippen molar-refractivity contribution in [3.63, 3.8) is 0 Å². The topological polar surface area (TPSA) is 150 Å². The van der Waals surface area contributed by atoms with Crippen LogP contribution < -0.4 is 11.2 Å². The van der Waals surface area contributed by atoms with E-state index < -0.39 is 5.97 Å². The number of imidazole rings is 1. The molecule has 0 amide bonds. The first kappa shape index (κ1) is 30.0. The number of aliphatic hydroxyl groups excluding tert-OH is 2. The number of carbonyl (C=O) groups is 1. The number of rotatable bonds is 4. The van der Waals surface area contributed by atoms with Crippen LogP contribution in [-0.2, 0) is 18.9 Å². The minimum absolute atomic E-state index is 0.179. The molecule has 10 atom stereocenters. The summed E-state index contributed by atoms with van der Waals surface area (Å²) in [6, 6.07) is 0. The number of H-pyrrole nitrogens is 1. The Morgan fingerprint density at radius 2 is 1.73 bits per heavy atom. The molecule has 0 saturated heterocycles. The fraction of sp³-hybridized carbons (Fsp3) is 0.806. The van der Waals surface area contributed by atoms with Gasteiger partial charge in [-0.15, -0.1) is 0 Å². The molecule has 2 heterocycles. The number of aromatic amines is 1. The molecular formula is C31H48N4O6. The molecule has 0 spiro atoms. The summed E-state index contributed by atoms with van der Waals surface area (Å²) in [6.45, 7) is 7.16. The molecule has 4 aliphatic rings. The lowest BCUT2D eigenvalue weighted by molar-refractivity contribution is -0.174. The fourth-order valence-corrected chi connectivity index (χ4v) is 10.00. The van der Waals surface area contributed by atoms with Gasteiger partial charge in [0.2, 0.25) is 0 Å². The molecule has 4 fully saturated rings. The van der Waals surface area contributed by atoms with Crippen LogP contribution in [-0.4, -0.2) is 52.6 Å². The first-order chi connectivity index (χ1) is 19.3. The Kier molecular flexibility index (Phi) is 8.04. The molecule has 228 valence electrons. The van der Waals surface area contributed by atoms with Crippen molar-refractivity contribution in [3.05, 3.63) is 27.2 Å². The molecule has 10 nitrogen and oxygen atoms in total. The third-order valence-corrected chi connectivity index (χ3v) is 12.3. The van der Waals surface area contributed by atoms with Crippen molar-refractivity contribution in [1.29, 1.82) is 0 Å². The highest BCUT2D eigenvalue weighted by Crippen LogP contribution is 2.68. The zero-order chi connectivity index (χ0) is 29.9. The first-order valence-electron chi connectivity index (χ1n) is 15.5. The average Bonchev–Trinajstić information content (AvgIpc) is 3.56. The number of hydrogen-bond donors (Lipinski definition) is 4. The van der Waals surface area contributed by atoms with Gasteiger partial charge in [-0.1, -0.05) is 20.8 Å². The van der Waals surface area contributed by atoms with Gasteiger partial charge in [0.1, 0.15) is 5.52 Å². The van der Waals surface area contributed by atoms with Crippen molar-refractivity contribution in [3.8, 4) is 0 Å². The van der Waals surface area contributed by atoms with Gasteiger partial charge in [0, 0.05) is 20.5 Å². The number of aliphatic carboxylic acids is 1. The highest BCUT2D eigenvalue weighted by atomic mass is 16.4. The van der Waals surface area contributed by atoms with Crippen LogP contribution in [0.2, 0.25) is 0 Å². The fourth-order valence-electron chi connectivity index (χ4n) is 10.00. The first-order valence-corrected chi connectivity index (χ1v) is 15.5. The lowest BCUT2D eigenvalue weighted by Gasteiger charge is -2.62. The Bertz CT molecular complexity index is 1400. The Labute approximate surface area is 241 Å². The van der Waals surface area contributed by atoms with E-state index in [9.17, 15) is 24.6 Å². The number of aromatic nitrogens is 4. The van der Waals surface area contributed by atoms with E-state index in [4.69, 9.17) is 5.11 Å². The number of carboxylic acids is 1. The van der Waals surface area contributed by atoms with Crippen LogP contribution in [0.25, 0.3) is 11.2 Å². The second-order valence-corrected chi connectivity index (χ2v) is 14.2. The lowest BCUT2D eigenvalue weighted by atomic mass is 9.43. The quantitative estimate of drug-likeness (QED) is 0.438. The average molecular weight is 573 g/mol. The Balaban J connectivity index is 0.000000216. The molecule has 0 radical (unpaired) electrons. The number of nitrogens with one attached hydrogen (secondary N) is 1. The molecule has 4 aliphatic carbocycles. The van der Waals surface area contributed by atoms with E-state index in [2.05, 4.69) is 30.7 Å². The van der Waals surface area contributed by atoms with Gasteiger partial charge < -0.3 is 20.3 Å². The van der Waals surface area contributed by atoms with Gasteiger partial charge >= 0.3 is 11.7 Å². The van der Waals surface area contributed by atoms with E-state index in [0.717, 1.165) is 36.7 Å². The van der Waals surface area contributed by atoms with Crippen molar-refractivity contribution in [2.45, 2.75) is 97.2 Å². The zero-order valence-electron chi connectivity index (χ0n) is 25.2. The van der Waals surface area contributed by atoms with E-state index in [1.807, 2.05) is 0 Å². The standard InChI is InChI=1S/C24H40O4.C7H8N4O2/c1-14(4-7-21(27)28)17-5-6-18-22-19(9-11-24(17,18)3)23(2)10-8-16(25)12-15(23)13-20(22)26;1-10-5-4(8-3-9-5)6(12)11(2)7(10)13/h14-20,22,25-26H,4-13H2,1-3H3,(H,27,28);3H,1-2H3,(H,8,9)/t14-,15+,16-,17-,18+,19+,20+,22+,23+,24-;/m1./s1. The molecule has 10 heteroatoms. The zero-order valence-corrected chi connectivity index (χ0v) is 25.2. The van der Waals surface area contributed by atoms with Crippen LogP contribution in [0.4, 0.5) is 0 Å². The van der Waals surface area contributed by atoms with Crippen LogP contribution in [0.5, 0.6) is 0 Å². The highest BCUT2D eigenvalue weighted by Gasteiger charge is 2.62. The molecule has 4 saturated carbocycles. The number of fused-ring (bicyclic) bond motifs is 6. The van der Waals surface area contributed by atoms with Crippen LogP contribution in [0.1, 0.15) is 85.0 Å². The monoisotopic (exact) mass is 572 g/mol. The third-order valence-electron chi connectivity index (χ3n) is 12.3. The number of aliphatic hydroxyl groups is 2. The van der Waals surface area contributed by atoms with Gasteiger partial charge in [0.05, 0.1) is 18.5 Å². The third kappa shape index (κ3) is 4.98. The summed E-state index contributed by atoms with van der Waals surface area (Å²) in [6.07, 6.45) is 10.6. The summed E-state index contributed by atoms with van der Waals surface area (Å²) in [7, 11) is 3.01. The van der Waals surface area contributed by atoms with Crippen molar-refractivity contribution in [2.75, 3.05) is 0 Å². The van der Waals surface area contributed by atoms with E-state index in [0.29, 0.717) is 46.7 Å². The van der Waals surface area contributed by atoms with Gasteiger partial charge in [-0.3, -0.25) is 18.7 Å². The summed E-state index contributed by atoms with van der Waals surface area (Å²) in [4.78, 5) is 40.4. The molecular weight excluding hydrogens is 524 g/mol. The largest absolute Gasteiger partial charge is 0.481 e. The van der Waals surface area contributed by atoms with Crippen LogP contribution in [0, 0.1) is 46.3 Å². The second-order valence-electron chi connectivity index (χ2n) is 14.2. The van der Waals surface area contributed by atoms with E-state index in [1.165, 1.54) is 43.6 Å². The maximum atomic E-state index is 11.4. The smallest absolute Gasteiger partial charge is 0.332 e. The van der Waals surface area contributed by atoms with Crippen LogP contribution in [0.3, 0.4) is 0 Å². The second kappa shape index (κ2) is 11.0. The number of hydrogen-bond acceptors (Lipinski definition) is 6. The molecule has 2 aromatic rings. The molecule has 0 aromatic carbocycles.